The van der Waals surface area contributed by atoms with Crippen molar-refractivity contribution in [1.29, 1.82) is 0 Å². The van der Waals surface area contributed by atoms with E-state index in [0.29, 0.717) is 32.1 Å². The number of hydrogen-bond donors (Lipinski definition) is 0. The lowest BCUT2D eigenvalue weighted by Gasteiger charge is -2.24. The van der Waals surface area contributed by atoms with E-state index in [1.54, 1.807) is 19.4 Å². The lowest BCUT2D eigenvalue weighted by atomic mass is 10.1. The Morgan fingerprint density at radius 2 is 1.81 bits per heavy atom. The molecule has 0 aliphatic carbocycles. The van der Waals surface area contributed by atoms with Crippen molar-refractivity contribution in [1.82, 2.24) is 4.57 Å². The van der Waals surface area contributed by atoms with Crippen LogP contribution >= 0.6 is 0 Å². The van der Waals surface area contributed by atoms with Gasteiger partial charge in [0.25, 0.3) is 0 Å². The fourth-order valence-corrected chi connectivity index (χ4v) is 2.93. The zero-order chi connectivity index (χ0) is 18.4. The number of rotatable bonds is 7. The molecule has 0 spiro atoms. The molecule has 0 saturated carbocycles. The van der Waals surface area contributed by atoms with E-state index in [-0.39, 0.29) is 11.5 Å². The molecular weight excluding hydrogens is 334 g/mol. The second-order valence-corrected chi connectivity index (χ2v) is 6.24. The van der Waals surface area contributed by atoms with Crippen LogP contribution in [0.4, 0.5) is 0 Å². The van der Waals surface area contributed by atoms with Gasteiger partial charge in [-0.05, 0) is 31.2 Å². The smallest absolute Gasteiger partial charge is 0.223 e. The molecule has 2 aromatic rings. The average molecular weight is 359 g/mol. The van der Waals surface area contributed by atoms with Gasteiger partial charge >= 0.3 is 0 Å². The monoisotopic (exact) mass is 359 g/mol. The maximum absolute atomic E-state index is 12.2. The van der Waals surface area contributed by atoms with E-state index >= 15 is 0 Å². The Labute approximate surface area is 153 Å². The van der Waals surface area contributed by atoms with Gasteiger partial charge < -0.3 is 23.5 Å². The van der Waals surface area contributed by atoms with Crippen molar-refractivity contribution < 1.29 is 18.9 Å². The molecule has 1 aromatic heterocycles. The zero-order valence-electron chi connectivity index (χ0n) is 15.3. The standard InChI is InChI=1S/C20H25NO5/c1-15-20(26-18-8-12-24-13-9-18)19(22)7-10-21(15)11-14-25-17-5-3-16(23-2)4-6-17/h3-7,10,18H,8-9,11-14H2,1-2H3. The summed E-state index contributed by atoms with van der Waals surface area (Å²) in [6, 6.07) is 9.02. The number of nitrogens with zero attached hydrogens (tertiary/aromatic N) is 1. The van der Waals surface area contributed by atoms with Gasteiger partial charge in [-0.3, -0.25) is 4.79 Å². The summed E-state index contributed by atoms with van der Waals surface area (Å²) in [6.45, 7) is 4.39. The van der Waals surface area contributed by atoms with E-state index < -0.39 is 0 Å². The molecule has 1 aromatic carbocycles. The summed E-state index contributed by atoms with van der Waals surface area (Å²) >= 11 is 0. The largest absolute Gasteiger partial charge is 0.497 e. The van der Waals surface area contributed by atoms with Gasteiger partial charge in [0.1, 0.15) is 24.2 Å². The molecule has 0 N–H and O–H groups in total. The predicted molar refractivity (Wildman–Crippen MR) is 98.4 cm³/mol. The second kappa shape index (κ2) is 8.76. The summed E-state index contributed by atoms with van der Waals surface area (Å²) in [5.41, 5.74) is 0.739. The minimum Gasteiger partial charge on any atom is -0.497 e. The number of methoxy groups -OCH3 is 1. The number of pyridine rings is 1. The van der Waals surface area contributed by atoms with Crippen molar-refractivity contribution in [2.45, 2.75) is 32.4 Å². The zero-order valence-corrected chi connectivity index (χ0v) is 15.3. The van der Waals surface area contributed by atoms with E-state index in [1.807, 2.05) is 35.8 Å². The third-order valence-corrected chi connectivity index (χ3v) is 4.50. The van der Waals surface area contributed by atoms with Crippen molar-refractivity contribution in [3.8, 4) is 17.2 Å². The Morgan fingerprint density at radius 1 is 1.12 bits per heavy atom. The van der Waals surface area contributed by atoms with Crippen molar-refractivity contribution in [3.63, 3.8) is 0 Å². The maximum atomic E-state index is 12.2. The van der Waals surface area contributed by atoms with E-state index in [1.165, 1.54) is 0 Å². The SMILES string of the molecule is COc1ccc(OCCn2ccc(=O)c(OC3CCOCC3)c2C)cc1. The number of hydrogen-bond acceptors (Lipinski definition) is 5. The molecule has 140 valence electrons. The lowest BCUT2D eigenvalue weighted by Crippen LogP contribution is -2.29. The van der Waals surface area contributed by atoms with Gasteiger partial charge in [-0.1, -0.05) is 0 Å². The summed E-state index contributed by atoms with van der Waals surface area (Å²) in [5.74, 6) is 2.01. The summed E-state index contributed by atoms with van der Waals surface area (Å²) in [7, 11) is 1.63. The molecule has 6 nitrogen and oxygen atoms in total. The normalized spacial score (nSPS) is 14.8. The summed E-state index contributed by atoms with van der Waals surface area (Å²) in [5, 5.41) is 0. The molecule has 6 heteroatoms. The quantitative estimate of drug-likeness (QED) is 0.761. The fourth-order valence-electron chi connectivity index (χ4n) is 2.93. The first-order valence-electron chi connectivity index (χ1n) is 8.88. The molecule has 0 radical (unpaired) electrons. The van der Waals surface area contributed by atoms with E-state index in [0.717, 1.165) is 30.0 Å². The van der Waals surface area contributed by atoms with Gasteiger partial charge in [-0.2, -0.15) is 0 Å². The molecule has 3 rings (SSSR count). The minimum atomic E-state index is -0.0821. The van der Waals surface area contributed by atoms with Crippen molar-refractivity contribution in [2.24, 2.45) is 0 Å². The first kappa shape index (κ1) is 18.3. The Balaban J connectivity index is 1.62. The Bertz CT molecular complexity index is 763. The van der Waals surface area contributed by atoms with Crippen LogP contribution in [0.25, 0.3) is 0 Å². The third-order valence-electron chi connectivity index (χ3n) is 4.50. The molecule has 0 amide bonds. The predicted octanol–water partition coefficient (Wildman–Crippen LogP) is 2.80. The van der Waals surface area contributed by atoms with Gasteiger partial charge in [0.2, 0.25) is 5.43 Å². The Hall–Kier alpha value is -2.47. The summed E-state index contributed by atoms with van der Waals surface area (Å²) < 4.78 is 24.2. The first-order chi connectivity index (χ1) is 12.7. The van der Waals surface area contributed by atoms with Crippen LogP contribution in [0.5, 0.6) is 17.2 Å². The molecule has 0 bridgehead atoms. The van der Waals surface area contributed by atoms with Gasteiger partial charge in [0.15, 0.2) is 5.75 Å². The number of ether oxygens (including phenoxy) is 4. The van der Waals surface area contributed by atoms with Gasteiger partial charge in [0.05, 0.1) is 32.6 Å². The molecule has 2 heterocycles. The first-order valence-corrected chi connectivity index (χ1v) is 8.88. The molecule has 1 saturated heterocycles. The van der Waals surface area contributed by atoms with Crippen molar-refractivity contribution >= 4 is 0 Å². The molecule has 1 aliphatic rings. The third kappa shape index (κ3) is 4.58. The van der Waals surface area contributed by atoms with Crippen LogP contribution in [-0.4, -0.2) is 37.6 Å². The van der Waals surface area contributed by atoms with Crippen LogP contribution in [0, 0.1) is 6.92 Å². The highest BCUT2D eigenvalue weighted by atomic mass is 16.5. The van der Waals surface area contributed by atoms with E-state index in [2.05, 4.69) is 0 Å². The molecule has 0 unspecified atom stereocenters. The summed E-state index contributed by atoms with van der Waals surface area (Å²) in [6.07, 6.45) is 3.45. The highest BCUT2D eigenvalue weighted by Gasteiger charge is 2.18. The van der Waals surface area contributed by atoms with Crippen LogP contribution in [-0.2, 0) is 11.3 Å². The van der Waals surface area contributed by atoms with E-state index in [9.17, 15) is 4.79 Å². The molecule has 26 heavy (non-hydrogen) atoms. The number of aromatic nitrogens is 1. The highest BCUT2D eigenvalue weighted by Crippen LogP contribution is 2.19. The van der Waals surface area contributed by atoms with Crippen LogP contribution in [0.3, 0.4) is 0 Å². The van der Waals surface area contributed by atoms with Crippen LogP contribution in [0.2, 0.25) is 0 Å². The lowest BCUT2D eigenvalue weighted by molar-refractivity contribution is 0.0245. The van der Waals surface area contributed by atoms with Gasteiger partial charge in [0, 0.05) is 25.1 Å². The van der Waals surface area contributed by atoms with Crippen LogP contribution in [0.15, 0.2) is 41.3 Å². The average Bonchev–Trinajstić information content (AvgIpc) is 2.68. The number of benzene rings is 1. The van der Waals surface area contributed by atoms with Gasteiger partial charge in [-0.25, -0.2) is 0 Å². The fraction of sp³-hybridized carbons (Fsp3) is 0.450. The van der Waals surface area contributed by atoms with E-state index in [4.69, 9.17) is 18.9 Å². The van der Waals surface area contributed by atoms with Gasteiger partial charge in [-0.15, -0.1) is 0 Å². The molecule has 0 atom stereocenters. The Kier molecular flexibility index (Phi) is 6.17. The topological polar surface area (TPSA) is 58.9 Å². The molecule has 1 aliphatic heterocycles. The highest BCUT2D eigenvalue weighted by molar-refractivity contribution is 5.31. The van der Waals surface area contributed by atoms with Crippen LogP contribution in [0.1, 0.15) is 18.5 Å². The second-order valence-electron chi connectivity index (χ2n) is 6.24. The molecule has 1 fully saturated rings. The maximum Gasteiger partial charge on any atom is 0.223 e. The van der Waals surface area contributed by atoms with Crippen molar-refractivity contribution in [2.75, 3.05) is 26.9 Å². The van der Waals surface area contributed by atoms with Crippen molar-refractivity contribution in [3.05, 3.63) is 52.4 Å². The van der Waals surface area contributed by atoms with Crippen LogP contribution < -0.4 is 19.6 Å². The minimum absolute atomic E-state index is 0.0431. The summed E-state index contributed by atoms with van der Waals surface area (Å²) in [4.78, 5) is 12.2. The Morgan fingerprint density at radius 3 is 2.50 bits per heavy atom. The molecular formula is C20H25NO5.